The fraction of sp³-hybridized carbons (Fsp3) is 0.533. The average Bonchev–Trinajstić information content (AvgIpc) is 2.77. The van der Waals surface area contributed by atoms with E-state index in [1.54, 1.807) is 14.2 Å². The van der Waals surface area contributed by atoms with Gasteiger partial charge in [-0.25, -0.2) is 0 Å². The van der Waals surface area contributed by atoms with Crippen molar-refractivity contribution in [3.63, 3.8) is 0 Å². The Labute approximate surface area is 114 Å². The van der Waals surface area contributed by atoms with Crippen LogP contribution in [-0.4, -0.2) is 44.7 Å². The van der Waals surface area contributed by atoms with Crippen LogP contribution in [0.3, 0.4) is 0 Å². The van der Waals surface area contributed by atoms with Gasteiger partial charge in [-0.05, 0) is 24.0 Å². The Hall–Kier alpha value is -1.55. The van der Waals surface area contributed by atoms with Crippen molar-refractivity contribution < 1.29 is 14.3 Å². The van der Waals surface area contributed by atoms with Gasteiger partial charge < -0.3 is 14.4 Å². The molecular weight excluding hydrogens is 242 g/mol. The molecule has 1 saturated heterocycles. The highest BCUT2D eigenvalue weighted by Crippen LogP contribution is 2.26. The van der Waals surface area contributed by atoms with Gasteiger partial charge in [-0.3, -0.25) is 4.79 Å². The van der Waals surface area contributed by atoms with Crippen LogP contribution in [0.4, 0.5) is 0 Å². The molecule has 0 spiro atoms. The number of hydrogen-bond acceptors (Lipinski definition) is 3. The molecule has 4 heteroatoms. The van der Waals surface area contributed by atoms with Gasteiger partial charge in [0, 0.05) is 26.6 Å². The maximum Gasteiger partial charge on any atom is 0.223 e. The topological polar surface area (TPSA) is 38.8 Å². The first-order valence-corrected chi connectivity index (χ1v) is 6.63. The molecule has 0 N–H and O–H groups in total. The van der Waals surface area contributed by atoms with Crippen molar-refractivity contribution in [2.75, 3.05) is 33.9 Å². The van der Waals surface area contributed by atoms with Crippen LogP contribution in [0.1, 0.15) is 12.0 Å². The normalized spacial score (nSPS) is 18.9. The van der Waals surface area contributed by atoms with Gasteiger partial charge in [0.05, 0.1) is 13.7 Å². The van der Waals surface area contributed by atoms with Crippen molar-refractivity contribution in [3.05, 3.63) is 29.8 Å². The number of benzene rings is 1. The average molecular weight is 263 g/mol. The van der Waals surface area contributed by atoms with E-state index in [0.717, 1.165) is 18.7 Å². The summed E-state index contributed by atoms with van der Waals surface area (Å²) in [4.78, 5) is 13.8. The SMILES string of the molecule is COCCN1C[C@@H](Cc2ccccc2OC)CC1=O. The molecule has 1 aromatic carbocycles. The van der Waals surface area contributed by atoms with E-state index in [0.29, 0.717) is 25.5 Å². The molecule has 19 heavy (non-hydrogen) atoms. The lowest BCUT2D eigenvalue weighted by Crippen LogP contribution is -2.28. The molecule has 1 amide bonds. The lowest BCUT2D eigenvalue weighted by Gasteiger charge is -2.16. The van der Waals surface area contributed by atoms with Gasteiger partial charge in [0.25, 0.3) is 0 Å². The summed E-state index contributed by atoms with van der Waals surface area (Å²) in [6.45, 7) is 2.12. The highest BCUT2D eigenvalue weighted by molar-refractivity contribution is 5.78. The molecule has 1 aliphatic rings. The van der Waals surface area contributed by atoms with Gasteiger partial charge in [-0.2, -0.15) is 0 Å². The zero-order chi connectivity index (χ0) is 13.7. The molecule has 1 aliphatic heterocycles. The Kier molecular flexibility index (Phi) is 4.80. The molecule has 104 valence electrons. The van der Waals surface area contributed by atoms with Crippen molar-refractivity contribution >= 4 is 5.91 Å². The van der Waals surface area contributed by atoms with Gasteiger partial charge in [0.2, 0.25) is 5.91 Å². The highest BCUT2D eigenvalue weighted by atomic mass is 16.5. The predicted octanol–water partition coefficient (Wildman–Crippen LogP) is 1.73. The van der Waals surface area contributed by atoms with E-state index in [2.05, 4.69) is 6.07 Å². The number of para-hydroxylation sites is 1. The summed E-state index contributed by atoms with van der Waals surface area (Å²) in [6, 6.07) is 8.01. The standard InChI is InChI=1S/C15H21NO3/c1-18-8-7-16-11-12(10-15(16)17)9-13-5-3-4-6-14(13)19-2/h3-6,12H,7-11H2,1-2H3/t12-/m0/s1. The lowest BCUT2D eigenvalue weighted by molar-refractivity contribution is -0.128. The predicted molar refractivity (Wildman–Crippen MR) is 73.3 cm³/mol. The fourth-order valence-corrected chi connectivity index (χ4v) is 2.59. The van der Waals surface area contributed by atoms with Gasteiger partial charge >= 0.3 is 0 Å². The smallest absolute Gasteiger partial charge is 0.223 e. The summed E-state index contributed by atoms with van der Waals surface area (Å²) in [7, 11) is 3.34. The van der Waals surface area contributed by atoms with E-state index in [4.69, 9.17) is 9.47 Å². The first kappa shape index (κ1) is 13.9. The van der Waals surface area contributed by atoms with E-state index in [9.17, 15) is 4.79 Å². The number of carbonyl (C=O) groups is 1. The summed E-state index contributed by atoms with van der Waals surface area (Å²) in [6.07, 6.45) is 1.51. The molecule has 1 atom stereocenters. The van der Waals surface area contributed by atoms with Crippen LogP contribution in [0.25, 0.3) is 0 Å². The maximum absolute atomic E-state index is 11.9. The van der Waals surface area contributed by atoms with Crippen molar-refractivity contribution in [3.8, 4) is 5.75 Å². The van der Waals surface area contributed by atoms with Gasteiger partial charge in [0.1, 0.15) is 5.75 Å². The van der Waals surface area contributed by atoms with Crippen molar-refractivity contribution in [1.29, 1.82) is 0 Å². The molecule has 0 bridgehead atoms. The van der Waals surface area contributed by atoms with Crippen LogP contribution in [0, 0.1) is 5.92 Å². The Bertz CT molecular complexity index is 433. The molecule has 2 rings (SSSR count). The third kappa shape index (κ3) is 3.47. The third-order valence-corrected chi connectivity index (χ3v) is 3.56. The van der Waals surface area contributed by atoms with Crippen LogP contribution in [-0.2, 0) is 16.0 Å². The molecule has 1 aromatic rings. The summed E-state index contributed by atoms with van der Waals surface area (Å²) >= 11 is 0. The van der Waals surface area contributed by atoms with E-state index in [1.165, 1.54) is 5.56 Å². The van der Waals surface area contributed by atoms with Crippen molar-refractivity contribution in [2.45, 2.75) is 12.8 Å². The number of amides is 1. The second-order valence-electron chi connectivity index (χ2n) is 4.92. The summed E-state index contributed by atoms with van der Waals surface area (Å²) in [5, 5.41) is 0. The van der Waals surface area contributed by atoms with Crippen LogP contribution >= 0.6 is 0 Å². The zero-order valence-electron chi connectivity index (χ0n) is 11.6. The minimum Gasteiger partial charge on any atom is -0.496 e. The second-order valence-corrected chi connectivity index (χ2v) is 4.92. The number of methoxy groups -OCH3 is 2. The number of likely N-dealkylation sites (tertiary alicyclic amines) is 1. The van der Waals surface area contributed by atoms with Crippen molar-refractivity contribution in [2.24, 2.45) is 5.92 Å². The largest absolute Gasteiger partial charge is 0.496 e. The third-order valence-electron chi connectivity index (χ3n) is 3.56. The van der Waals surface area contributed by atoms with E-state index in [-0.39, 0.29) is 5.91 Å². The van der Waals surface area contributed by atoms with Gasteiger partial charge in [-0.15, -0.1) is 0 Å². The summed E-state index contributed by atoms with van der Waals surface area (Å²) < 4.78 is 10.4. The number of nitrogens with zero attached hydrogens (tertiary/aromatic N) is 1. The van der Waals surface area contributed by atoms with Crippen LogP contribution in [0.15, 0.2) is 24.3 Å². The van der Waals surface area contributed by atoms with Crippen LogP contribution in [0.2, 0.25) is 0 Å². The molecular formula is C15H21NO3. The van der Waals surface area contributed by atoms with Crippen LogP contribution < -0.4 is 4.74 Å². The monoisotopic (exact) mass is 263 g/mol. The number of ether oxygens (including phenoxy) is 2. The minimum atomic E-state index is 0.233. The Morgan fingerprint density at radius 2 is 2.11 bits per heavy atom. The minimum absolute atomic E-state index is 0.233. The summed E-state index contributed by atoms with van der Waals surface area (Å²) in [5.74, 6) is 1.52. The molecule has 0 unspecified atom stereocenters. The molecule has 0 aliphatic carbocycles. The number of rotatable bonds is 6. The van der Waals surface area contributed by atoms with Crippen LogP contribution in [0.5, 0.6) is 5.75 Å². The first-order chi connectivity index (χ1) is 9.24. The molecule has 4 nitrogen and oxygen atoms in total. The number of carbonyl (C=O) groups excluding carboxylic acids is 1. The molecule has 1 heterocycles. The van der Waals surface area contributed by atoms with E-state index in [1.807, 2.05) is 23.1 Å². The molecule has 0 radical (unpaired) electrons. The van der Waals surface area contributed by atoms with Crippen molar-refractivity contribution in [1.82, 2.24) is 4.90 Å². The molecule has 0 aromatic heterocycles. The van der Waals surface area contributed by atoms with E-state index >= 15 is 0 Å². The molecule has 0 saturated carbocycles. The van der Waals surface area contributed by atoms with Gasteiger partial charge in [-0.1, -0.05) is 18.2 Å². The lowest BCUT2D eigenvalue weighted by atomic mass is 9.98. The maximum atomic E-state index is 11.9. The Balaban J connectivity index is 1.95. The summed E-state index contributed by atoms with van der Waals surface area (Å²) in [5.41, 5.74) is 1.18. The van der Waals surface area contributed by atoms with E-state index < -0.39 is 0 Å². The fourth-order valence-electron chi connectivity index (χ4n) is 2.59. The van der Waals surface area contributed by atoms with Gasteiger partial charge in [0.15, 0.2) is 0 Å². The Morgan fingerprint density at radius 3 is 2.84 bits per heavy atom. The quantitative estimate of drug-likeness (QED) is 0.784. The molecule has 1 fully saturated rings. The number of hydrogen-bond donors (Lipinski definition) is 0. The second kappa shape index (κ2) is 6.57. The Morgan fingerprint density at radius 1 is 1.32 bits per heavy atom. The first-order valence-electron chi connectivity index (χ1n) is 6.63. The highest BCUT2D eigenvalue weighted by Gasteiger charge is 2.29. The zero-order valence-corrected chi connectivity index (χ0v) is 11.6.